The standard InChI is InChI=1S/C16H22N4O3S/c1-10(2)20-9-17-19-16(20)24-11(3)15(21)18-12-6-7-13(22-4)14(8-12)23-5/h6-11H,1-5H3,(H,18,21)/t11-/m1/s1. The Morgan fingerprint density at radius 2 is 1.92 bits per heavy atom. The normalized spacial score (nSPS) is 12.1. The van der Waals surface area contributed by atoms with Crippen LogP contribution in [-0.2, 0) is 4.79 Å². The highest BCUT2D eigenvalue weighted by molar-refractivity contribution is 8.00. The van der Waals surface area contributed by atoms with Gasteiger partial charge in [0, 0.05) is 17.8 Å². The van der Waals surface area contributed by atoms with Gasteiger partial charge in [-0.3, -0.25) is 4.79 Å². The summed E-state index contributed by atoms with van der Waals surface area (Å²) < 4.78 is 12.4. The maximum Gasteiger partial charge on any atom is 0.237 e. The molecule has 0 unspecified atom stereocenters. The minimum Gasteiger partial charge on any atom is -0.493 e. The van der Waals surface area contributed by atoms with Crippen LogP contribution in [0.4, 0.5) is 5.69 Å². The van der Waals surface area contributed by atoms with Crippen LogP contribution >= 0.6 is 11.8 Å². The van der Waals surface area contributed by atoms with E-state index in [4.69, 9.17) is 9.47 Å². The molecule has 0 aliphatic heterocycles. The first-order valence-electron chi connectivity index (χ1n) is 7.55. The molecule has 2 aromatic rings. The molecule has 0 aliphatic carbocycles. The molecule has 0 radical (unpaired) electrons. The molecule has 8 heteroatoms. The summed E-state index contributed by atoms with van der Waals surface area (Å²) in [6, 6.07) is 5.49. The van der Waals surface area contributed by atoms with E-state index < -0.39 is 0 Å². The highest BCUT2D eigenvalue weighted by atomic mass is 32.2. The number of amides is 1. The van der Waals surface area contributed by atoms with Crippen LogP contribution in [0, 0.1) is 0 Å². The molecule has 24 heavy (non-hydrogen) atoms. The van der Waals surface area contributed by atoms with Crippen molar-refractivity contribution in [3.63, 3.8) is 0 Å². The Kier molecular flexibility index (Phi) is 6.08. The van der Waals surface area contributed by atoms with Gasteiger partial charge in [0.1, 0.15) is 6.33 Å². The number of nitrogens with zero attached hydrogens (tertiary/aromatic N) is 3. The lowest BCUT2D eigenvalue weighted by Gasteiger charge is -2.15. The summed E-state index contributed by atoms with van der Waals surface area (Å²) >= 11 is 1.37. The number of hydrogen-bond acceptors (Lipinski definition) is 6. The molecule has 130 valence electrons. The van der Waals surface area contributed by atoms with Crippen molar-refractivity contribution in [2.24, 2.45) is 0 Å². The summed E-state index contributed by atoms with van der Waals surface area (Å²) in [5.41, 5.74) is 0.649. The zero-order valence-corrected chi connectivity index (χ0v) is 15.3. The maximum atomic E-state index is 12.4. The fourth-order valence-corrected chi connectivity index (χ4v) is 3.00. The van der Waals surface area contributed by atoms with Gasteiger partial charge in [-0.15, -0.1) is 10.2 Å². The number of aromatic nitrogens is 3. The first-order valence-corrected chi connectivity index (χ1v) is 8.43. The highest BCUT2D eigenvalue weighted by Crippen LogP contribution is 2.30. The predicted molar refractivity (Wildman–Crippen MR) is 93.9 cm³/mol. The number of hydrogen-bond donors (Lipinski definition) is 1. The van der Waals surface area contributed by atoms with Crippen LogP contribution in [0.3, 0.4) is 0 Å². The fraction of sp³-hybridized carbons (Fsp3) is 0.438. The van der Waals surface area contributed by atoms with Gasteiger partial charge < -0.3 is 19.4 Å². The fourth-order valence-electron chi connectivity index (χ4n) is 2.04. The van der Waals surface area contributed by atoms with Crippen molar-refractivity contribution in [3.05, 3.63) is 24.5 Å². The van der Waals surface area contributed by atoms with Gasteiger partial charge in [-0.1, -0.05) is 11.8 Å². The molecule has 0 saturated carbocycles. The number of benzene rings is 1. The van der Waals surface area contributed by atoms with E-state index in [1.807, 2.05) is 25.3 Å². The number of carbonyl (C=O) groups is 1. The first kappa shape index (κ1) is 18.1. The first-order chi connectivity index (χ1) is 11.5. The molecular weight excluding hydrogens is 328 g/mol. The van der Waals surface area contributed by atoms with E-state index in [0.717, 1.165) is 5.16 Å². The van der Waals surface area contributed by atoms with Gasteiger partial charge in [0.25, 0.3) is 0 Å². The molecule has 0 saturated heterocycles. The second-order valence-corrected chi connectivity index (χ2v) is 6.74. The third-order valence-corrected chi connectivity index (χ3v) is 4.47. The highest BCUT2D eigenvalue weighted by Gasteiger charge is 2.19. The quantitative estimate of drug-likeness (QED) is 0.774. The zero-order chi connectivity index (χ0) is 17.7. The number of carbonyl (C=O) groups excluding carboxylic acids is 1. The molecule has 1 atom stereocenters. The van der Waals surface area contributed by atoms with E-state index in [9.17, 15) is 4.79 Å². The van der Waals surface area contributed by atoms with Crippen molar-refractivity contribution < 1.29 is 14.3 Å². The monoisotopic (exact) mass is 350 g/mol. The van der Waals surface area contributed by atoms with Crippen LogP contribution in [0.5, 0.6) is 11.5 Å². The molecule has 1 amide bonds. The predicted octanol–water partition coefficient (Wildman–Crippen LogP) is 3.00. The molecule has 1 heterocycles. The Balaban J connectivity index is 2.05. The van der Waals surface area contributed by atoms with Crippen LogP contribution < -0.4 is 14.8 Å². The number of anilines is 1. The Bertz CT molecular complexity index is 702. The molecule has 1 aromatic carbocycles. The Morgan fingerprint density at radius 3 is 2.54 bits per heavy atom. The van der Waals surface area contributed by atoms with Crippen LogP contribution in [0.2, 0.25) is 0 Å². The van der Waals surface area contributed by atoms with Crippen molar-refractivity contribution >= 4 is 23.4 Å². The van der Waals surface area contributed by atoms with Gasteiger partial charge in [-0.25, -0.2) is 0 Å². The van der Waals surface area contributed by atoms with Gasteiger partial charge in [0.2, 0.25) is 5.91 Å². The minimum absolute atomic E-state index is 0.120. The third-order valence-electron chi connectivity index (χ3n) is 3.40. The second-order valence-electron chi connectivity index (χ2n) is 5.43. The van der Waals surface area contributed by atoms with Crippen molar-refractivity contribution in [1.29, 1.82) is 0 Å². The second kappa shape index (κ2) is 8.05. The molecule has 2 rings (SSSR count). The minimum atomic E-state index is -0.320. The molecule has 7 nitrogen and oxygen atoms in total. The van der Waals surface area contributed by atoms with Crippen LogP contribution in [-0.4, -0.2) is 40.1 Å². The van der Waals surface area contributed by atoms with Crippen LogP contribution in [0.25, 0.3) is 0 Å². The number of rotatable bonds is 7. The lowest BCUT2D eigenvalue weighted by molar-refractivity contribution is -0.115. The van der Waals surface area contributed by atoms with Crippen molar-refractivity contribution in [2.45, 2.75) is 37.2 Å². The Labute approximate surface area is 145 Å². The molecular formula is C16H22N4O3S. The number of ether oxygens (including phenoxy) is 2. The van der Waals surface area contributed by atoms with Gasteiger partial charge in [-0.05, 0) is 32.9 Å². The Hall–Kier alpha value is -2.22. The topological polar surface area (TPSA) is 78.3 Å². The summed E-state index contributed by atoms with van der Waals surface area (Å²) in [5, 5.41) is 11.3. The largest absolute Gasteiger partial charge is 0.493 e. The maximum absolute atomic E-state index is 12.4. The van der Waals surface area contributed by atoms with E-state index in [1.165, 1.54) is 11.8 Å². The molecule has 1 N–H and O–H groups in total. The van der Waals surface area contributed by atoms with Crippen LogP contribution in [0.1, 0.15) is 26.8 Å². The summed E-state index contributed by atoms with van der Waals surface area (Å²) in [4.78, 5) is 12.4. The van der Waals surface area contributed by atoms with Crippen LogP contribution in [0.15, 0.2) is 29.7 Å². The molecule has 0 bridgehead atoms. The third kappa shape index (κ3) is 4.19. The summed E-state index contributed by atoms with van der Waals surface area (Å²) in [6.07, 6.45) is 1.67. The number of nitrogens with one attached hydrogen (secondary N) is 1. The van der Waals surface area contributed by atoms with Gasteiger partial charge in [-0.2, -0.15) is 0 Å². The Morgan fingerprint density at radius 1 is 1.21 bits per heavy atom. The zero-order valence-electron chi connectivity index (χ0n) is 14.4. The molecule has 0 fully saturated rings. The van der Waals surface area contributed by atoms with E-state index in [2.05, 4.69) is 15.5 Å². The molecule has 0 spiro atoms. The van der Waals surface area contributed by atoms with Crippen molar-refractivity contribution in [2.75, 3.05) is 19.5 Å². The summed E-state index contributed by atoms with van der Waals surface area (Å²) in [5.74, 6) is 1.06. The molecule has 0 aliphatic rings. The number of thioether (sulfide) groups is 1. The van der Waals surface area contributed by atoms with Crippen molar-refractivity contribution in [3.8, 4) is 11.5 Å². The lowest BCUT2D eigenvalue weighted by atomic mass is 10.2. The average molecular weight is 350 g/mol. The SMILES string of the molecule is COc1ccc(NC(=O)[C@@H](C)Sc2nncn2C(C)C)cc1OC. The van der Waals surface area contributed by atoms with E-state index >= 15 is 0 Å². The van der Waals surface area contributed by atoms with E-state index in [1.54, 1.807) is 38.7 Å². The summed E-state index contributed by atoms with van der Waals surface area (Å²) in [6.45, 7) is 5.92. The van der Waals surface area contributed by atoms with E-state index in [0.29, 0.717) is 17.2 Å². The van der Waals surface area contributed by atoms with Gasteiger partial charge in [0.05, 0.1) is 19.5 Å². The molecule has 1 aromatic heterocycles. The number of methoxy groups -OCH3 is 2. The lowest BCUT2D eigenvalue weighted by Crippen LogP contribution is -2.23. The average Bonchev–Trinajstić information content (AvgIpc) is 3.02. The van der Waals surface area contributed by atoms with E-state index in [-0.39, 0.29) is 17.2 Å². The van der Waals surface area contributed by atoms with Gasteiger partial charge in [0.15, 0.2) is 16.7 Å². The van der Waals surface area contributed by atoms with Crippen molar-refractivity contribution in [1.82, 2.24) is 14.8 Å². The van der Waals surface area contributed by atoms with Gasteiger partial charge >= 0.3 is 0 Å². The smallest absolute Gasteiger partial charge is 0.237 e. The summed E-state index contributed by atoms with van der Waals surface area (Å²) in [7, 11) is 3.13.